The van der Waals surface area contributed by atoms with E-state index in [1.54, 1.807) is 36.3 Å². The summed E-state index contributed by atoms with van der Waals surface area (Å²) in [6.07, 6.45) is -0.894. The smallest absolute Gasteiger partial charge is 0.416 e. The quantitative estimate of drug-likeness (QED) is 0.298. The van der Waals surface area contributed by atoms with E-state index in [4.69, 9.17) is 16.3 Å². The number of carbonyl (C=O) groups is 1. The molecule has 0 unspecified atom stereocenters. The number of alkyl halides is 3. The number of halogens is 4. The van der Waals surface area contributed by atoms with Crippen LogP contribution in [0.15, 0.2) is 83.8 Å². The van der Waals surface area contributed by atoms with Crippen LogP contribution in [0.2, 0.25) is 5.02 Å². The number of carbonyl (C=O) groups excluding carboxylic acids is 1. The molecule has 1 fully saturated rings. The van der Waals surface area contributed by atoms with E-state index in [9.17, 15) is 26.4 Å². The maximum absolute atomic E-state index is 13.4. The molecule has 3 aromatic carbocycles. The van der Waals surface area contributed by atoms with E-state index in [2.05, 4.69) is 0 Å². The van der Waals surface area contributed by atoms with Gasteiger partial charge in [0.25, 0.3) is 5.91 Å². The van der Waals surface area contributed by atoms with E-state index in [1.807, 2.05) is 41.3 Å². The Bertz CT molecular complexity index is 1520. The highest BCUT2D eigenvalue weighted by Crippen LogP contribution is 2.31. The first-order valence-electron chi connectivity index (χ1n) is 13.2. The van der Waals surface area contributed by atoms with Crippen molar-refractivity contribution in [3.63, 3.8) is 0 Å². The summed E-state index contributed by atoms with van der Waals surface area (Å²) in [7, 11) is -2.50. The highest BCUT2D eigenvalue weighted by Gasteiger charge is 2.34. The van der Waals surface area contributed by atoms with Gasteiger partial charge in [0, 0.05) is 51.4 Å². The zero-order valence-corrected chi connectivity index (χ0v) is 24.5. The van der Waals surface area contributed by atoms with Crippen LogP contribution in [0.3, 0.4) is 0 Å². The molecule has 12 heteroatoms. The number of amides is 1. The predicted molar refractivity (Wildman–Crippen MR) is 156 cm³/mol. The van der Waals surface area contributed by atoms with Crippen LogP contribution in [0.25, 0.3) is 6.08 Å². The third-order valence-corrected chi connectivity index (χ3v) is 9.19. The Labute approximate surface area is 248 Å². The Morgan fingerprint density at radius 1 is 1.00 bits per heavy atom. The number of nitrogens with zero attached hydrogens (tertiary/aromatic N) is 3. The van der Waals surface area contributed by atoms with Gasteiger partial charge in [-0.1, -0.05) is 60.2 Å². The highest BCUT2D eigenvalue weighted by molar-refractivity contribution is 7.89. The van der Waals surface area contributed by atoms with E-state index in [1.165, 1.54) is 10.4 Å². The molecule has 0 saturated carbocycles. The van der Waals surface area contributed by atoms with Gasteiger partial charge < -0.3 is 9.64 Å². The molecule has 0 atom stereocenters. The lowest BCUT2D eigenvalue weighted by Gasteiger charge is -2.35. The molecule has 3 aromatic rings. The van der Waals surface area contributed by atoms with Gasteiger partial charge in [-0.2, -0.15) is 17.5 Å². The van der Waals surface area contributed by atoms with Crippen LogP contribution in [0.5, 0.6) is 5.75 Å². The first-order valence-corrected chi connectivity index (χ1v) is 15.1. The summed E-state index contributed by atoms with van der Waals surface area (Å²) in [6.45, 7) is 2.07. The lowest BCUT2D eigenvalue weighted by molar-refractivity contribution is -0.137. The van der Waals surface area contributed by atoms with E-state index >= 15 is 0 Å². The summed E-state index contributed by atoms with van der Waals surface area (Å²) in [5.41, 5.74) is 0.232. The Hall–Kier alpha value is -3.38. The molecule has 4 rings (SSSR count). The number of ether oxygens (including phenoxy) is 1. The van der Waals surface area contributed by atoms with Gasteiger partial charge in [0.2, 0.25) is 10.0 Å². The largest absolute Gasteiger partial charge is 0.496 e. The number of benzene rings is 3. The van der Waals surface area contributed by atoms with Crippen LogP contribution in [-0.2, 0) is 16.2 Å². The lowest BCUT2D eigenvalue weighted by Crippen LogP contribution is -2.50. The van der Waals surface area contributed by atoms with E-state index in [0.717, 1.165) is 17.7 Å². The molecule has 0 N–H and O–H groups in total. The zero-order valence-electron chi connectivity index (χ0n) is 22.9. The standard InChI is InChI=1S/C30H31ClF3N3O4S/c1-41-28-14-5-2-8-23(28)9-7-15-36(29(38)26-12-3-4-13-27(26)31)19-16-35-17-20-37(21-18-35)42(39,40)25-11-6-10-24(22-25)30(32,33)34/h2-14,22H,15-21H2,1H3/b9-7+. The monoisotopic (exact) mass is 621 g/mol. The SMILES string of the molecule is COc1ccccc1/C=C/CN(CCN1CCN(S(=O)(=O)c2cccc(C(F)(F)F)c2)CC1)C(=O)c1ccccc1Cl. The number of rotatable bonds is 10. The maximum atomic E-state index is 13.4. The average Bonchev–Trinajstić information content (AvgIpc) is 2.99. The molecule has 1 aliphatic heterocycles. The van der Waals surface area contributed by atoms with Gasteiger partial charge in [0.15, 0.2) is 0 Å². The number of piperazine rings is 1. The van der Waals surface area contributed by atoms with Crippen LogP contribution >= 0.6 is 11.6 Å². The van der Waals surface area contributed by atoms with Gasteiger partial charge in [-0.25, -0.2) is 8.42 Å². The summed E-state index contributed by atoms with van der Waals surface area (Å²) in [4.78, 5) is 16.7. The van der Waals surface area contributed by atoms with Crippen molar-refractivity contribution in [3.05, 3.63) is 101 Å². The van der Waals surface area contributed by atoms with Crippen LogP contribution < -0.4 is 4.74 Å². The highest BCUT2D eigenvalue weighted by atomic mass is 35.5. The van der Waals surface area contributed by atoms with Gasteiger partial charge in [0.05, 0.1) is 28.2 Å². The number of para-hydroxylation sites is 1. The fourth-order valence-corrected chi connectivity index (χ4v) is 6.31. The first kappa shape index (κ1) is 31.6. The minimum atomic E-state index is -4.64. The van der Waals surface area contributed by atoms with E-state index in [-0.39, 0.29) is 23.9 Å². The second kappa shape index (κ2) is 13.7. The molecule has 0 spiro atoms. The van der Waals surface area contributed by atoms with Gasteiger partial charge in [0.1, 0.15) is 5.75 Å². The topological polar surface area (TPSA) is 70.2 Å². The van der Waals surface area contributed by atoms with Crippen molar-refractivity contribution in [1.82, 2.24) is 14.1 Å². The Morgan fingerprint density at radius 2 is 1.69 bits per heavy atom. The predicted octanol–water partition coefficient (Wildman–Crippen LogP) is 5.53. The Balaban J connectivity index is 1.41. The van der Waals surface area contributed by atoms with Crippen LogP contribution in [-0.4, -0.2) is 81.4 Å². The van der Waals surface area contributed by atoms with E-state index < -0.39 is 21.8 Å². The third-order valence-electron chi connectivity index (χ3n) is 6.97. The summed E-state index contributed by atoms with van der Waals surface area (Å²) < 4.78 is 72.1. The second-order valence-corrected chi connectivity index (χ2v) is 12.0. The van der Waals surface area contributed by atoms with Crippen molar-refractivity contribution in [2.75, 3.05) is 52.9 Å². The van der Waals surface area contributed by atoms with Crippen molar-refractivity contribution >= 4 is 33.6 Å². The molecular formula is C30H31ClF3N3O4S. The molecule has 1 heterocycles. The van der Waals surface area contributed by atoms with E-state index in [0.29, 0.717) is 55.1 Å². The molecule has 0 bridgehead atoms. The van der Waals surface area contributed by atoms with Gasteiger partial charge in [-0.3, -0.25) is 9.69 Å². The molecule has 7 nitrogen and oxygen atoms in total. The number of sulfonamides is 1. The molecule has 1 amide bonds. The van der Waals surface area contributed by atoms with Crippen molar-refractivity contribution in [3.8, 4) is 5.75 Å². The molecule has 0 radical (unpaired) electrons. The summed E-state index contributed by atoms with van der Waals surface area (Å²) in [5.74, 6) is 0.465. The van der Waals surface area contributed by atoms with Gasteiger partial charge >= 0.3 is 6.18 Å². The number of hydrogen-bond donors (Lipinski definition) is 0. The summed E-state index contributed by atoms with van der Waals surface area (Å²) in [6, 6.07) is 18.1. The van der Waals surface area contributed by atoms with Crippen LogP contribution in [0.4, 0.5) is 13.2 Å². The summed E-state index contributed by atoms with van der Waals surface area (Å²) in [5, 5.41) is 0.342. The van der Waals surface area contributed by atoms with Gasteiger partial charge in [-0.05, 0) is 36.4 Å². The summed E-state index contributed by atoms with van der Waals surface area (Å²) >= 11 is 6.31. The minimum Gasteiger partial charge on any atom is -0.496 e. The fraction of sp³-hybridized carbons (Fsp3) is 0.300. The third kappa shape index (κ3) is 7.71. The average molecular weight is 622 g/mol. The van der Waals surface area contributed by atoms with Crippen LogP contribution in [0, 0.1) is 0 Å². The Kier molecular flexibility index (Phi) is 10.3. The van der Waals surface area contributed by atoms with Crippen molar-refractivity contribution in [2.24, 2.45) is 0 Å². The fourth-order valence-electron chi connectivity index (χ4n) is 4.63. The first-order chi connectivity index (χ1) is 20.0. The molecule has 0 aromatic heterocycles. The van der Waals surface area contributed by atoms with Crippen molar-refractivity contribution < 1.29 is 31.1 Å². The minimum absolute atomic E-state index is 0.116. The number of hydrogen-bond acceptors (Lipinski definition) is 5. The molecule has 1 aliphatic rings. The van der Waals surface area contributed by atoms with Crippen molar-refractivity contribution in [1.29, 1.82) is 0 Å². The molecule has 0 aliphatic carbocycles. The number of methoxy groups -OCH3 is 1. The molecule has 42 heavy (non-hydrogen) atoms. The maximum Gasteiger partial charge on any atom is 0.416 e. The molecule has 1 saturated heterocycles. The molecular weight excluding hydrogens is 591 g/mol. The lowest BCUT2D eigenvalue weighted by atomic mass is 10.1. The molecule has 224 valence electrons. The van der Waals surface area contributed by atoms with Crippen LogP contribution in [0.1, 0.15) is 21.5 Å². The van der Waals surface area contributed by atoms with Crippen molar-refractivity contribution in [2.45, 2.75) is 11.1 Å². The van der Waals surface area contributed by atoms with Gasteiger partial charge in [-0.15, -0.1) is 0 Å². The normalized spacial score (nSPS) is 15.2. The second-order valence-electron chi connectivity index (χ2n) is 9.65. The Morgan fingerprint density at radius 3 is 2.38 bits per heavy atom. The zero-order chi connectivity index (χ0) is 30.3.